The third-order valence-electron chi connectivity index (χ3n) is 8.21. The average molecular weight is 407 g/mol. The first kappa shape index (κ1) is 19.6. The highest BCUT2D eigenvalue weighted by atomic mass is 32.2. The highest BCUT2D eigenvalue weighted by molar-refractivity contribution is 7.87. The van der Waals surface area contributed by atoms with Crippen LogP contribution in [0.2, 0.25) is 0 Å². The number of rotatable bonds is 2. The molecule has 0 saturated heterocycles. The summed E-state index contributed by atoms with van der Waals surface area (Å²) in [5.41, 5.74) is -5.97. The molecule has 0 amide bonds. The van der Waals surface area contributed by atoms with Gasteiger partial charge in [0.2, 0.25) is 0 Å². The van der Waals surface area contributed by atoms with Gasteiger partial charge < -0.3 is 4.18 Å². The Kier molecular flexibility index (Phi) is 4.64. The van der Waals surface area contributed by atoms with Crippen molar-refractivity contribution in [1.29, 1.82) is 0 Å². The van der Waals surface area contributed by atoms with Gasteiger partial charge in [0, 0.05) is 5.41 Å². The molecular weight excluding hydrogens is 377 g/mol. The summed E-state index contributed by atoms with van der Waals surface area (Å²) < 4.78 is 66.1. The Morgan fingerprint density at radius 2 is 1.78 bits per heavy atom. The van der Waals surface area contributed by atoms with Gasteiger partial charge >= 0.3 is 15.6 Å². The largest absolute Gasteiger partial charge is 0.534 e. The second-order valence-corrected chi connectivity index (χ2v) is 11.1. The molecule has 3 fully saturated rings. The van der Waals surface area contributed by atoms with Crippen LogP contribution in [0.4, 0.5) is 13.2 Å². The van der Waals surface area contributed by atoms with Gasteiger partial charge in [-0.3, -0.25) is 0 Å². The lowest BCUT2D eigenvalue weighted by atomic mass is 9.50. The van der Waals surface area contributed by atoms with Crippen molar-refractivity contribution in [3.05, 3.63) is 11.8 Å². The molecule has 0 aromatic carbocycles. The Morgan fingerprint density at radius 1 is 1.07 bits per heavy atom. The molecular formula is C20H29F3O3S. The summed E-state index contributed by atoms with van der Waals surface area (Å²) >= 11 is 0. The monoisotopic (exact) mass is 406 g/mol. The quantitative estimate of drug-likeness (QED) is 0.441. The second kappa shape index (κ2) is 6.39. The van der Waals surface area contributed by atoms with E-state index in [1.807, 2.05) is 6.92 Å². The Balaban J connectivity index is 1.53. The van der Waals surface area contributed by atoms with Crippen LogP contribution in [0, 0.1) is 40.9 Å². The van der Waals surface area contributed by atoms with E-state index >= 15 is 0 Å². The fraction of sp³-hybridized carbons (Fsp3) is 0.900. The van der Waals surface area contributed by atoms with Gasteiger partial charge in [0.05, 0.1) is 0 Å². The van der Waals surface area contributed by atoms with Crippen LogP contribution < -0.4 is 0 Å². The van der Waals surface area contributed by atoms with Crippen molar-refractivity contribution in [3.8, 4) is 0 Å². The summed E-state index contributed by atoms with van der Waals surface area (Å²) in [5.74, 6) is 3.70. The SMILES string of the molecule is CC1CCC2C(CCC3C2CCC2(C)C(OS(=O)(=O)C(F)(F)F)=CCC32)C1. The molecule has 0 aromatic rings. The minimum atomic E-state index is -5.59. The van der Waals surface area contributed by atoms with E-state index in [-0.39, 0.29) is 11.7 Å². The summed E-state index contributed by atoms with van der Waals surface area (Å²) in [5, 5.41) is 0. The molecule has 0 aromatic heterocycles. The Morgan fingerprint density at radius 3 is 2.48 bits per heavy atom. The van der Waals surface area contributed by atoms with Crippen LogP contribution in [0.5, 0.6) is 0 Å². The Labute approximate surface area is 159 Å². The smallest absolute Gasteiger partial charge is 0.380 e. The highest BCUT2D eigenvalue weighted by Gasteiger charge is 2.58. The van der Waals surface area contributed by atoms with E-state index in [0.29, 0.717) is 18.3 Å². The van der Waals surface area contributed by atoms with E-state index in [0.717, 1.165) is 37.0 Å². The molecule has 0 spiro atoms. The maximum absolute atomic E-state index is 12.8. The van der Waals surface area contributed by atoms with E-state index < -0.39 is 21.0 Å². The van der Waals surface area contributed by atoms with Crippen molar-refractivity contribution in [1.82, 2.24) is 0 Å². The predicted molar refractivity (Wildman–Crippen MR) is 95.8 cm³/mol. The number of alkyl halides is 3. The maximum Gasteiger partial charge on any atom is 0.534 e. The molecule has 3 nitrogen and oxygen atoms in total. The average Bonchev–Trinajstić information content (AvgIpc) is 2.89. The molecule has 0 bridgehead atoms. The minimum Gasteiger partial charge on any atom is -0.380 e. The van der Waals surface area contributed by atoms with E-state index in [4.69, 9.17) is 0 Å². The fourth-order valence-corrected chi connectivity index (χ4v) is 7.50. The first-order valence-electron chi connectivity index (χ1n) is 10.2. The summed E-state index contributed by atoms with van der Waals surface area (Å²) in [7, 11) is -5.59. The second-order valence-electron chi connectivity index (χ2n) is 9.60. The van der Waals surface area contributed by atoms with Crippen molar-refractivity contribution >= 4 is 10.1 Å². The summed E-state index contributed by atoms with van der Waals surface area (Å²) in [6.45, 7) is 4.25. The van der Waals surface area contributed by atoms with Crippen molar-refractivity contribution < 1.29 is 25.8 Å². The molecule has 0 radical (unpaired) electrons. The normalized spacial score (nSPS) is 44.7. The van der Waals surface area contributed by atoms with Crippen LogP contribution in [0.25, 0.3) is 0 Å². The van der Waals surface area contributed by atoms with Crippen LogP contribution in [-0.4, -0.2) is 13.9 Å². The van der Waals surface area contributed by atoms with Crippen LogP contribution >= 0.6 is 0 Å². The van der Waals surface area contributed by atoms with Crippen LogP contribution in [0.3, 0.4) is 0 Å². The number of hydrogen-bond acceptors (Lipinski definition) is 3. The summed E-state index contributed by atoms with van der Waals surface area (Å²) in [6.07, 6.45) is 10.1. The van der Waals surface area contributed by atoms with Gasteiger partial charge in [-0.1, -0.05) is 20.3 Å². The van der Waals surface area contributed by atoms with Gasteiger partial charge in [-0.05, 0) is 86.5 Å². The number of fused-ring (bicyclic) bond motifs is 5. The lowest BCUT2D eigenvalue weighted by molar-refractivity contribution is -0.0648. The van der Waals surface area contributed by atoms with E-state index in [9.17, 15) is 21.6 Å². The zero-order valence-corrected chi connectivity index (χ0v) is 16.8. The third kappa shape index (κ3) is 3.12. The van der Waals surface area contributed by atoms with Gasteiger partial charge in [0.1, 0.15) is 5.76 Å². The molecule has 0 N–H and O–H groups in total. The highest BCUT2D eigenvalue weighted by Crippen LogP contribution is 2.63. The van der Waals surface area contributed by atoms with Crippen molar-refractivity contribution in [2.24, 2.45) is 40.9 Å². The van der Waals surface area contributed by atoms with Gasteiger partial charge in [0.25, 0.3) is 0 Å². The van der Waals surface area contributed by atoms with Crippen LogP contribution in [0.1, 0.15) is 65.2 Å². The first-order chi connectivity index (χ1) is 12.5. The van der Waals surface area contributed by atoms with Crippen molar-refractivity contribution in [2.75, 3.05) is 0 Å². The molecule has 3 saturated carbocycles. The first-order valence-corrected chi connectivity index (χ1v) is 11.6. The lowest BCUT2D eigenvalue weighted by Gasteiger charge is -2.55. The fourth-order valence-electron chi connectivity index (χ4n) is 6.91. The number of hydrogen-bond donors (Lipinski definition) is 0. The summed E-state index contributed by atoms with van der Waals surface area (Å²) in [6, 6.07) is 0. The van der Waals surface area contributed by atoms with Crippen molar-refractivity contribution in [2.45, 2.75) is 70.7 Å². The zero-order valence-electron chi connectivity index (χ0n) is 16.0. The summed E-state index contributed by atoms with van der Waals surface area (Å²) in [4.78, 5) is 0. The van der Waals surface area contributed by atoms with E-state index in [2.05, 4.69) is 11.1 Å². The van der Waals surface area contributed by atoms with Gasteiger partial charge in [-0.25, -0.2) is 0 Å². The molecule has 0 heterocycles. The number of halogens is 3. The number of allylic oxidation sites excluding steroid dienone is 2. The van der Waals surface area contributed by atoms with Gasteiger partial charge in [-0.15, -0.1) is 0 Å². The molecule has 4 aliphatic rings. The molecule has 7 atom stereocenters. The van der Waals surface area contributed by atoms with Gasteiger partial charge in [0.15, 0.2) is 0 Å². The van der Waals surface area contributed by atoms with Crippen LogP contribution in [0.15, 0.2) is 11.8 Å². The predicted octanol–water partition coefficient (Wildman–Crippen LogP) is 5.64. The van der Waals surface area contributed by atoms with E-state index in [1.54, 1.807) is 6.08 Å². The standard InChI is InChI=1S/C20H29F3O3S/c1-12-3-5-14-13(11-12)4-6-16-15(14)9-10-19(2)17(16)7-8-18(19)26-27(24,25)20(21,22)23/h8,12-17H,3-7,9-11H2,1-2H3. The molecule has 27 heavy (non-hydrogen) atoms. The molecule has 4 rings (SSSR count). The minimum absolute atomic E-state index is 0.0302. The third-order valence-corrected chi connectivity index (χ3v) is 9.18. The zero-order chi connectivity index (χ0) is 19.6. The van der Waals surface area contributed by atoms with Crippen LogP contribution in [-0.2, 0) is 14.3 Å². The Hall–Kier alpha value is -0.720. The van der Waals surface area contributed by atoms with Crippen molar-refractivity contribution in [3.63, 3.8) is 0 Å². The molecule has 154 valence electrons. The topological polar surface area (TPSA) is 43.4 Å². The molecule has 7 unspecified atom stereocenters. The Bertz CT molecular complexity index is 729. The molecule has 4 aliphatic carbocycles. The lowest BCUT2D eigenvalue weighted by Crippen LogP contribution is -2.48. The van der Waals surface area contributed by atoms with Gasteiger partial charge in [-0.2, -0.15) is 21.6 Å². The van der Waals surface area contributed by atoms with E-state index in [1.165, 1.54) is 25.7 Å². The maximum atomic E-state index is 12.8. The molecule has 7 heteroatoms. The molecule has 0 aliphatic heterocycles.